The monoisotopic (exact) mass is 552 g/mol. The predicted octanol–water partition coefficient (Wildman–Crippen LogP) is 6.22. The molecule has 0 saturated carbocycles. The maximum absolute atomic E-state index is 10.3. The average molecular weight is 553 g/mol. The Morgan fingerprint density at radius 2 is 1.24 bits per heavy atom. The zero-order valence-electron chi connectivity index (χ0n) is 19.4. The number of aromatic amines is 2. The third-order valence-electron chi connectivity index (χ3n) is 5.80. The molecule has 3 aromatic heterocycles. The molecule has 0 bridgehead atoms. The van der Waals surface area contributed by atoms with Gasteiger partial charge in [-0.25, -0.2) is 0 Å². The molecular formula is C23H18Cl2N10O3. The lowest BCUT2D eigenvalue weighted by Crippen LogP contribution is -2.37. The second-order valence-corrected chi connectivity index (χ2v) is 9.13. The van der Waals surface area contributed by atoms with E-state index in [1.807, 2.05) is 4.90 Å². The average Bonchev–Trinajstić information content (AvgIpc) is 3.40. The molecule has 0 aliphatic carbocycles. The Hall–Kier alpha value is -4.33. The number of fused-ring (bicyclic) bond motifs is 2. The number of aromatic nitrogens is 5. The molecule has 6 rings (SSSR count). The van der Waals surface area contributed by atoms with Gasteiger partial charge in [-0.1, -0.05) is 23.2 Å². The minimum Gasteiger partial charge on any atom is -0.493 e. The third kappa shape index (κ3) is 4.69. The number of halogens is 2. The van der Waals surface area contributed by atoms with Crippen molar-refractivity contribution in [3.8, 4) is 11.8 Å². The van der Waals surface area contributed by atoms with Gasteiger partial charge in [0.2, 0.25) is 17.7 Å². The highest BCUT2D eigenvalue weighted by Crippen LogP contribution is 2.39. The predicted molar refractivity (Wildman–Crippen MR) is 141 cm³/mol. The van der Waals surface area contributed by atoms with Gasteiger partial charge >= 0.3 is 0 Å². The molecule has 2 aromatic carbocycles. The molecule has 0 spiro atoms. The maximum Gasteiger partial charge on any atom is 0.275 e. The molecule has 0 atom stereocenters. The number of ether oxygens (including phenoxy) is 1. The SMILES string of the molecule is Oc1[nH]c2ccc(Cl)cc2c1N=Nc1nc(N=Nc2c(O)[nH]c3ccc(Cl)cc23)nc(N2CCOCC2)n1. The number of benzene rings is 2. The van der Waals surface area contributed by atoms with Crippen molar-refractivity contribution in [2.45, 2.75) is 0 Å². The molecule has 1 aliphatic rings. The molecule has 1 aliphatic heterocycles. The number of azo groups is 2. The number of nitrogens with one attached hydrogen (secondary N) is 2. The van der Waals surface area contributed by atoms with E-state index in [1.165, 1.54) is 0 Å². The maximum atomic E-state index is 10.3. The van der Waals surface area contributed by atoms with Gasteiger partial charge in [0.15, 0.2) is 11.4 Å². The Kier molecular flexibility index (Phi) is 6.23. The Bertz CT molecular complexity index is 1610. The first kappa shape index (κ1) is 24.0. The second-order valence-electron chi connectivity index (χ2n) is 8.26. The normalized spacial score (nSPS) is 14.5. The van der Waals surface area contributed by atoms with Crippen LogP contribution in [0.4, 0.5) is 29.2 Å². The standard InChI is InChI=1S/C23H18Cl2N10O3/c24-11-1-3-15-13(9-11)17(19(36)26-15)31-33-21-28-22(30-23(29-21)35-5-7-38-8-6-35)34-32-18-14-10-12(25)2-4-16(14)27-20(18)37/h1-4,9-10,26-27,36-37H,5-8H2. The van der Waals surface area contributed by atoms with E-state index in [4.69, 9.17) is 27.9 Å². The van der Waals surface area contributed by atoms with Gasteiger partial charge in [0, 0.05) is 33.9 Å². The lowest BCUT2D eigenvalue weighted by Gasteiger charge is -2.26. The molecule has 0 radical (unpaired) electrons. The van der Waals surface area contributed by atoms with E-state index >= 15 is 0 Å². The molecular weight excluding hydrogens is 535 g/mol. The molecule has 13 nitrogen and oxygen atoms in total. The number of hydrogen-bond acceptors (Lipinski definition) is 11. The Labute approximate surface area is 223 Å². The van der Waals surface area contributed by atoms with E-state index in [-0.39, 0.29) is 35.0 Å². The molecule has 15 heteroatoms. The van der Waals surface area contributed by atoms with Gasteiger partial charge in [0.05, 0.1) is 24.2 Å². The summed E-state index contributed by atoms with van der Waals surface area (Å²) in [6, 6.07) is 10.2. The van der Waals surface area contributed by atoms with Crippen LogP contribution in [0.2, 0.25) is 10.0 Å². The van der Waals surface area contributed by atoms with Crippen molar-refractivity contribution in [2.75, 3.05) is 31.2 Å². The van der Waals surface area contributed by atoms with Crippen LogP contribution < -0.4 is 4.90 Å². The topological polar surface area (TPSA) is 173 Å². The summed E-state index contributed by atoms with van der Waals surface area (Å²) in [6.45, 7) is 2.13. The number of nitrogens with zero attached hydrogens (tertiary/aromatic N) is 8. The first-order chi connectivity index (χ1) is 18.4. The molecule has 0 unspecified atom stereocenters. The van der Waals surface area contributed by atoms with Gasteiger partial charge in [-0.2, -0.15) is 15.0 Å². The van der Waals surface area contributed by atoms with Gasteiger partial charge in [-0.3, -0.25) is 0 Å². The lowest BCUT2D eigenvalue weighted by molar-refractivity contribution is 0.122. The zero-order chi connectivity index (χ0) is 26.2. The van der Waals surface area contributed by atoms with Crippen LogP contribution >= 0.6 is 23.2 Å². The second kappa shape index (κ2) is 9.85. The van der Waals surface area contributed by atoms with E-state index in [0.29, 0.717) is 64.1 Å². The summed E-state index contributed by atoms with van der Waals surface area (Å²) in [5.41, 5.74) is 1.64. The van der Waals surface area contributed by atoms with Gasteiger partial charge in [-0.15, -0.1) is 20.5 Å². The van der Waals surface area contributed by atoms with Crippen molar-refractivity contribution < 1.29 is 14.9 Å². The van der Waals surface area contributed by atoms with E-state index < -0.39 is 0 Å². The van der Waals surface area contributed by atoms with Gasteiger partial charge in [0.25, 0.3) is 11.9 Å². The van der Waals surface area contributed by atoms with Crippen molar-refractivity contribution in [3.63, 3.8) is 0 Å². The van der Waals surface area contributed by atoms with E-state index in [9.17, 15) is 10.2 Å². The van der Waals surface area contributed by atoms with E-state index in [0.717, 1.165) is 0 Å². The van der Waals surface area contributed by atoms with Crippen LogP contribution in [0.5, 0.6) is 11.8 Å². The zero-order valence-corrected chi connectivity index (χ0v) is 20.9. The van der Waals surface area contributed by atoms with E-state index in [1.54, 1.807) is 36.4 Å². The van der Waals surface area contributed by atoms with Crippen LogP contribution in [0.3, 0.4) is 0 Å². The van der Waals surface area contributed by atoms with Crippen LogP contribution in [0.15, 0.2) is 56.9 Å². The van der Waals surface area contributed by atoms with E-state index in [2.05, 4.69) is 45.4 Å². The third-order valence-corrected chi connectivity index (χ3v) is 6.27. The number of rotatable bonds is 5. The van der Waals surface area contributed by atoms with Crippen LogP contribution in [0, 0.1) is 0 Å². The summed E-state index contributed by atoms with van der Waals surface area (Å²) >= 11 is 12.2. The Morgan fingerprint density at radius 1 is 0.737 bits per heavy atom. The molecule has 38 heavy (non-hydrogen) atoms. The van der Waals surface area contributed by atoms with Gasteiger partial charge < -0.3 is 29.8 Å². The number of aromatic hydroxyl groups is 2. The summed E-state index contributed by atoms with van der Waals surface area (Å²) in [4.78, 5) is 20.6. The molecule has 5 aromatic rings. The number of anilines is 1. The van der Waals surface area contributed by atoms with Crippen molar-refractivity contribution in [2.24, 2.45) is 20.5 Å². The van der Waals surface area contributed by atoms with Crippen molar-refractivity contribution in [1.82, 2.24) is 24.9 Å². The lowest BCUT2D eigenvalue weighted by atomic mass is 10.2. The Morgan fingerprint density at radius 3 is 1.74 bits per heavy atom. The first-order valence-electron chi connectivity index (χ1n) is 11.4. The van der Waals surface area contributed by atoms with Crippen molar-refractivity contribution >= 4 is 74.2 Å². The van der Waals surface area contributed by atoms with Crippen LogP contribution in [-0.4, -0.2) is 61.4 Å². The number of morpholine rings is 1. The molecule has 4 N–H and O–H groups in total. The van der Waals surface area contributed by atoms with Crippen molar-refractivity contribution in [3.05, 3.63) is 46.4 Å². The van der Waals surface area contributed by atoms with Gasteiger partial charge in [-0.05, 0) is 36.4 Å². The fraction of sp³-hybridized carbons (Fsp3) is 0.174. The molecule has 192 valence electrons. The molecule has 1 saturated heterocycles. The van der Waals surface area contributed by atoms with Gasteiger partial charge in [0.1, 0.15) is 0 Å². The highest BCUT2D eigenvalue weighted by atomic mass is 35.5. The highest BCUT2D eigenvalue weighted by molar-refractivity contribution is 6.31. The minimum absolute atomic E-state index is 0.0580. The highest BCUT2D eigenvalue weighted by Gasteiger charge is 2.18. The largest absolute Gasteiger partial charge is 0.493 e. The summed E-state index contributed by atoms with van der Waals surface area (Å²) < 4.78 is 5.42. The summed E-state index contributed by atoms with van der Waals surface area (Å²) in [6.07, 6.45) is 0. The first-order valence-corrected chi connectivity index (χ1v) is 12.1. The molecule has 0 amide bonds. The fourth-order valence-corrected chi connectivity index (χ4v) is 4.35. The molecule has 1 fully saturated rings. The molecule has 4 heterocycles. The number of H-pyrrole nitrogens is 2. The summed E-state index contributed by atoms with van der Waals surface area (Å²) in [7, 11) is 0. The van der Waals surface area contributed by atoms with Crippen LogP contribution in [-0.2, 0) is 4.74 Å². The summed E-state index contributed by atoms with van der Waals surface area (Å²) in [5, 5.41) is 39.4. The van der Waals surface area contributed by atoms with Crippen LogP contribution in [0.25, 0.3) is 21.8 Å². The summed E-state index contributed by atoms with van der Waals surface area (Å²) in [5.74, 6) is -0.165. The number of hydrogen-bond donors (Lipinski definition) is 4. The smallest absolute Gasteiger partial charge is 0.275 e. The minimum atomic E-state index is -0.179. The Balaban J connectivity index is 1.40. The van der Waals surface area contributed by atoms with Crippen LogP contribution in [0.1, 0.15) is 0 Å². The fourth-order valence-electron chi connectivity index (χ4n) is 4.00. The van der Waals surface area contributed by atoms with Crippen molar-refractivity contribution in [1.29, 1.82) is 0 Å². The quantitative estimate of drug-likeness (QED) is 0.187.